The first-order valence-corrected chi connectivity index (χ1v) is 4.81. The molecule has 1 unspecified atom stereocenters. The third kappa shape index (κ3) is 2.50. The van der Waals surface area contributed by atoms with Gasteiger partial charge in [0.05, 0.1) is 6.07 Å². The maximum atomic E-state index is 9.62. The van der Waals surface area contributed by atoms with Crippen LogP contribution in [-0.2, 0) is 0 Å². The fraction of sp³-hybridized carbons (Fsp3) is 0.417. The Bertz CT molecular complexity index is 352. The largest absolute Gasteiger partial charge is 0.508 e. The second-order valence-corrected chi connectivity index (χ2v) is 3.66. The summed E-state index contributed by atoms with van der Waals surface area (Å²) in [6, 6.07) is 7.70. The maximum Gasteiger partial charge on any atom is 0.119 e. The topological polar surface area (TPSA) is 44.0 Å². The molecule has 2 heteroatoms. The quantitative estimate of drug-likeness (QED) is 0.794. The van der Waals surface area contributed by atoms with Gasteiger partial charge in [-0.3, -0.25) is 0 Å². The van der Waals surface area contributed by atoms with Crippen LogP contribution in [0.4, 0.5) is 0 Å². The van der Waals surface area contributed by atoms with Crippen molar-refractivity contribution in [3.05, 3.63) is 29.3 Å². The van der Waals surface area contributed by atoms with Gasteiger partial charge in [-0.25, -0.2) is 0 Å². The molecule has 1 atom stereocenters. The number of phenols is 1. The van der Waals surface area contributed by atoms with E-state index in [0.29, 0.717) is 12.2 Å². The number of nitrogens with zero attached hydrogens (tertiary/aromatic N) is 1. The van der Waals surface area contributed by atoms with Gasteiger partial charge in [-0.1, -0.05) is 24.6 Å². The highest BCUT2D eigenvalue weighted by molar-refractivity contribution is 5.37. The molecule has 0 radical (unpaired) electrons. The molecule has 0 aliphatic heterocycles. The number of hydrogen-bond acceptors (Lipinski definition) is 2. The minimum atomic E-state index is 0.245. The van der Waals surface area contributed by atoms with Gasteiger partial charge in [0.2, 0.25) is 0 Å². The lowest BCUT2D eigenvalue weighted by Gasteiger charge is -2.12. The van der Waals surface area contributed by atoms with Crippen molar-refractivity contribution in [2.24, 2.45) is 0 Å². The Labute approximate surface area is 84.8 Å². The van der Waals surface area contributed by atoms with Gasteiger partial charge in [-0.15, -0.1) is 0 Å². The summed E-state index contributed by atoms with van der Waals surface area (Å²) in [5.41, 5.74) is 2.09. The molecule has 1 rings (SSSR count). The van der Waals surface area contributed by atoms with Crippen LogP contribution in [0, 0.1) is 18.3 Å². The van der Waals surface area contributed by atoms with Crippen molar-refractivity contribution in [3.8, 4) is 11.8 Å². The van der Waals surface area contributed by atoms with Crippen LogP contribution in [0.25, 0.3) is 0 Å². The molecule has 0 heterocycles. The van der Waals surface area contributed by atoms with Crippen molar-refractivity contribution < 1.29 is 5.11 Å². The van der Waals surface area contributed by atoms with Crippen LogP contribution in [-0.4, -0.2) is 5.11 Å². The van der Waals surface area contributed by atoms with Crippen LogP contribution in [0.1, 0.15) is 36.8 Å². The van der Waals surface area contributed by atoms with E-state index >= 15 is 0 Å². The summed E-state index contributed by atoms with van der Waals surface area (Å²) in [6.45, 7) is 4.03. The van der Waals surface area contributed by atoms with Crippen molar-refractivity contribution in [1.29, 1.82) is 5.26 Å². The minimum Gasteiger partial charge on any atom is -0.508 e. The summed E-state index contributed by atoms with van der Waals surface area (Å²) < 4.78 is 0. The molecule has 1 aromatic carbocycles. The van der Waals surface area contributed by atoms with Crippen molar-refractivity contribution >= 4 is 0 Å². The van der Waals surface area contributed by atoms with E-state index in [9.17, 15) is 5.11 Å². The summed E-state index contributed by atoms with van der Waals surface area (Å²) in [4.78, 5) is 0. The molecule has 0 amide bonds. The third-order valence-electron chi connectivity index (χ3n) is 2.40. The molecule has 0 saturated heterocycles. The fourth-order valence-electron chi connectivity index (χ4n) is 1.51. The van der Waals surface area contributed by atoms with Gasteiger partial charge in [0, 0.05) is 6.42 Å². The highest BCUT2D eigenvalue weighted by Gasteiger charge is 2.09. The first-order chi connectivity index (χ1) is 6.65. The fourth-order valence-corrected chi connectivity index (χ4v) is 1.51. The Morgan fingerprint density at radius 3 is 2.86 bits per heavy atom. The van der Waals surface area contributed by atoms with Gasteiger partial charge < -0.3 is 5.11 Å². The molecule has 0 saturated carbocycles. The number of rotatable bonds is 3. The Balaban J connectivity index is 2.83. The zero-order valence-corrected chi connectivity index (χ0v) is 8.62. The van der Waals surface area contributed by atoms with Gasteiger partial charge in [0.15, 0.2) is 0 Å². The van der Waals surface area contributed by atoms with E-state index in [1.807, 2.05) is 26.0 Å². The van der Waals surface area contributed by atoms with E-state index in [-0.39, 0.29) is 5.92 Å². The van der Waals surface area contributed by atoms with Gasteiger partial charge >= 0.3 is 0 Å². The summed E-state index contributed by atoms with van der Waals surface area (Å²) >= 11 is 0. The monoisotopic (exact) mass is 189 g/mol. The molecule has 0 aliphatic rings. The molecule has 74 valence electrons. The normalized spacial score (nSPS) is 12.1. The molecule has 2 nitrogen and oxygen atoms in total. The van der Waals surface area contributed by atoms with Crippen molar-refractivity contribution in [1.82, 2.24) is 0 Å². The number of hydrogen-bond donors (Lipinski definition) is 1. The lowest BCUT2D eigenvalue weighted by molar-refractivity contribution is 0.460. The zero-order valence-electron chi connectivity index (χ0n) is 8.62. The van der Waals surface area contributed by atoms with E-state index in [1.165, 1.54) is 0 Å². The average molecular weight is 189 g/mol. The highest BCUT2D eigenvalue weighted by Crippen LogP contribution is 2.29. The van der Waals surface area contributed by atoms with Gasteiger partial charge in [-0.2, -0.15) is 5.26 Å². The molecule has 1 N–H and O–H groups in total. The van der Waals surface area contributed by atoms with Crippen molar-refractivity contribution in [3.63, 3.8) is 0 Å². The van der Waals surface area contributed by atoms with Crippen LogP contribution >= 0.6 is 0 Å². The van der Waals surface area contributed by atoms with E-state index in [0.717, 1.165) is 17.5 Å². The molecule has 0 aliphatic carbocycles. The molecule has 0 spiro atoms. The predicted molar refractivity (Wildman–Crippen MR) is 56.1 cm³/mol. The number of benzene rings is 1. The molecule has 0 aromatic heterocycles. The molecular formula is C12H15NO. The van der Waals surface area contributed by atoms with Crippen molar-refractivity contribution in [2.75, 3.05) is 0 Å². The standard InChI is InChI=1S/C12H15NO/c1-9-5-6-12(14)11(8-9)10(2)4-3-7-13/h5-6,8,10,14H,3-4H2,1-2H3. The van der Waals surface area contributed by atoms with E-state index in [2.05, 4.69) is 6.07 Å². The Kier molecular flexibility index (Phi) is 3.53. The van der Waals surface area contributed by atoms with Gasteiger partial charge in [-0.05, 0) is 30.9 Å². The first kappa shape index (κ1) is 10.6. The Hall–Kier alpha value is -1.49. The maximum absolute atomic E-state index is 9.62. The zero-order chi connectivity index (χ0) is 10.6. The SMILES string of the molecule is Cc1ccc(O)c(C(C)CCC#N)c1. The summed E-state index contributed by atoms with van der Waals surface area (Å²) in [5, 5.41) is 18.1. The summed E-state index contributed by atoms with van der Waals surface area (Å²) in [6.07, 6.45) is 1.34. The second-order valence-electron chi connectivity index (χ2n) is 3.66. The molecule has 14 heavy (non-hydrogen) atoms. The summed E-state index contributed by atoms with van der Waals surface area (Å²) in [5.74, 6) is 0.579. The van der Waals surface area contributed by atoms with Crippen LogP contribution in [0.15, 0.2) is 18.2 Å². The van der Waals surface area contributed by atoms with Gasteiger partial charge in [0.1, 0.15) is 5.75 Å². The molecular weight excluding hydrogens is 174 g/mol. The highest BCUT2D eigenvalue weighted by atomic mass is 16.3. The van der Waals surface area contributed by atoms with Crippen LogP contribution in [0.5, 0.6) is 5.75 Å². The number of aromatic hydroxyl groups is 1. The lowest BCUT2D eigenvalue weighted by atomic mass is 9.94. The first-order valence-electron chi connectivity index (χ1n) is 4.81. The minimum absolute atomic E-state index is 0.245. The van der Waals surface area contributed by atoms with Crippen molar-refractivity contribution in [2.45, 2.75) is 32.6 Å². The van der Waals surface area contributed by atoms with E-state index < -0.39 is 0 Å². The molecule has 0 fully saturated rings. The average Bonchev–Trinajstić information content (AvgIpc) is 2.18. The number of phenolic OH excluding ortho intramolecular Hbond substituents is 1. The number of aryl methyl sites for hydroxylation is 1. The summed E-state index contributed by atoms with van der Waals surface area (Å²) in [7, 11) is 0. The van der Waals surface area contributed by atoms with E-state index in [1.54, 1.807) is 6.07 Å². The lowest BCUT2D eigenvalue weighted by Crippen LogP contribution is -1.94. The Morgan fingerprint density at radius 1 is 1.50 bits per heavy atom. The van der Waals surface area contributed by atoms with Crippen LogP contribution < -0.4 is 0 Å². The van der Waals surface area contributed by atoms with Crippen LogP contribution in [0.3, 0.4) is 0 Å². The second kappa shape index (κ2) is 4.66. The third-order valence-corrected chi connectivity index (χ3v) is 2.40. The molecule has 1 aromatic rings. The van der Waals surface area contributed by atoms with E-state index in [4.69, 9.17) is 5.26 Å². The predicted octanol–water partition coefficient (Wildman–Crippen LogP) is 3.11. The van der Waals surface area contributed by atoms with Crippen LogP contribution in [0.2, 0.25) is 0 Å². The Morgan fingerprint density at radius 2 is 2.21 bits per heavy atom. The smallest absolute Gasteiger partial charge is 0.119 e. The van der Waals surface area contributed by atoms with Gasteiger partial charge in [0.25, 0.3) is 0 Å². The molecule has 0 bridgehead atoms. The number of nitriles is 1.